The third-order valence-electron chi connectivity index (χ3n) is 3.42. The quantitative estimate of drug-likeness (QED) is 0.437. The maximum Gasteiger partial charge on any atom is 0.311 e. The SMILES string of the molecule is CCN(C(=O)COc1ccc(C=O)cc1[N+](=O)[O-])c1ccc(F)cc1. The van der Waals surface area contributed by atoms with Crippen molar-refractivity contribution in [3.05, 3.63) is 64.0 Å². The first-order valence-corrected chi connectivity index (χ1v) is 7.38. The Morgan fingerprint density at radius 1 is 1.28 bits per heavy atom. The highest BCUT2D eigenvalue weighted by Crippen LogP contribution is 2.27. The second-order valence-electron chi connectivity index (χ2n) is 5.01. The zero-order chi connectivity index (χ0) is 18.4. The first kappa shape index (κ1) is 18.1. The van der Waals surface area contributed by atoms with Gasteiger partial charge in [-0.2, -0.15) is 0 Å². The highest BCUT2D eigenvalue weighted by Gasteiger charge is 2.19. The van der Waals surface area contributed by atoms with Crippen molar-refractivity contribution in [1.29, 1.82) is 0 Å². The highest BCUT2D eigenvalue weighted by molar-refractivity contribution is 5.94. The lowest BCUT2D eigenvalue weighted by molar-refractivity contribution is -0.385. The Balaban J connectivity index is 2.14. The molecular weight excluding hydrogens is 331 g/mol. The van der Waals surface area contributed by atoms with Crippen LogP contribution in [0.3, 0.4) is 0 Å². The van der Waals surface area contributed by atoms with Crippen molar-refractivity contribution in [2.75, 3.05) is 18.1 Å². The lowest BCUT2D eigenvalue weighted by Crippen LogP contribution is -2.34. The van der Waals surface area contributed by atoms with Crippen LogP contribution in [0.25, 0.3) is 0 Å². The van der Waals surface area contributed by atoms with Crippen LogP contribution in [-0.4, -0.2) is 30.3 Å². The number of carbonyl (C=O) groups is 2. The van der Waals surface area contributed by atoms with Gasteiger partial charge in [-0.05, 0) is 43.3 Å². The maximum absolute atomic E-state index is 13.0. The Morgan fingerprint density at radius 2 is 1.96 bits per heavy atom. The molecule has 2 aromatic carbocycles. The molecule has 130 valence electrons. The molecule has 0 saturated heterocycles. The minimum Gasteiger partial charge on any atom is -0.477 e. The summed E-state index contributed by atoms with van der Waals surface area (Å²) in [5.41, 5.74) is 0.220. The molecule has 0 atom stereocenters. The normalized spacial score (nSPS) is 10.2. The van der Waals surface area contributed by atoms with Gasteiger partial charge in [0, 0.05) is 23.9 Å². The summed E-state index contributed by atoms with van der Waals surface area (Å²) >= 11 is 0. The Kier molecular flexibility index (Phi) is 5.78. The lowest BCUT2D eigenvalue weighted by atomic mass is 10.2. The molecule has 0 aromatic heterocycles. The Labute approximate surface area is 142 Å². The summed E-state index contributed by atoms with van der Waals surface area (Å²) in [6, 6.07) is 9.07. The van der Waals surface area contributed by atoms with Crippen LogP contribution in [0.1, 0.15) is 17.3 Å². The average Bonchev–Trinajstić information content (AvgIpc) is 2.61. The predicted molar refractivity (Wildman–Crippen MR) is 88.4 cm³/mol. The van der Waals surface area contributed by atoms with Gasteiger partial charge < -0.3 is 9.64 Å². The third-order valence-corrected chi connectivity index (χ3v) is 3.42. The van der Waals surface area contributed by atoms with E-state index in [1.54, 1.807) is 6.92 Å². The van der Waals surface area contributed by atoms with E-state index in [4.69, 9.17) is 4.74 Å². The van der Waals surface area contributed by atoms with E-state index in [0.717, 1.165) is 6.07 Å². The minimum absolute atomic E-state index is 0.112. The smallest absolute Gasteiger partial charge is 0.311 e. The first-order valence-electron chi connectivity index (χ1n) is 7.38. The minimum atomic E-state index is -0.690. The number of anilines is 1. The Bertz CT molecular complexity index is 792. The molecule has 0 aliphatic carbocycles. The van der Waals surface area contributed by atoms with E-state index in [9.17, 15) is 24.1 Å². The summed E-state index contributed by atoms with van der Waals surface area (Å²) in [5.74, 6) is -0.976. The highest BCUT2D eigenvalue weighted by atomic mass is 19.1. The van der Waals surface area contributed by atoms with Gasteiger partial charge in [-0.25, -0.2) is 4.39 Å². The summed E-state index contributed by atoms with van der Waals surface area (Å²) in [5, 5.41) is 11.1. The summed E-state index contributed by atoms with van der Waals surface area (Å²) in [6.45, 7) is 1.62. The molecule has 8 heteroatoms. The number of amides is 1. The summed E-state index contributed by atoms with van der Waals surface area (Å²) in [7, 11) is 0. The summed E-state index contributed by atoms with van der Waals surface area (Å²) in [6.07, 6.45) is 0.481. The van der Waals surface area contributed by atoms with Crippen molar-refractivity contribution in [1.82, 2.24) is 0 Å². The van der Waals surface area contributed by atoms with Gasteiger partial charge >= 0.3 is 5.69 Å². The zero-order valence-electron chi connectivity index (χ0n) is 13.3. The van der Waals surface area contributed by atoms with Crippen LogP contribution in [0.4, 0.5) is 15.8 Å². The standard InChI is InChI=1S/C17H15FN2O5/c1-2-19(14-6-4-13(18)5-7-14)17(22)11-25-16-8-3-12(10-21)9-15(16)20(23)24/h3-10H,2,11H2,1H3. The molecule has 0 spiro atoms. The van der Waals surface area contributed by atoms with E-state index in [1.807, 2.05) is 0 Å². The van der Waals surface area contributed by atoms with Crippen molar-refractivity contribution in [3.63, 3.8) is 0 Å². The van der Waals surface area contributed by atoms with Gasteiger partial charge in [0.15, 0.2) is 12.4 Å². The van der Waals surface area contributed by atoms with Crippen LogP contribution in [-0.2, 0) is 4.79 Å². The van der Waals surface area contributed by atoms with Gasteiger partial charge in [0.25, 0.3) is 5.91 Å². The first-order chi connectivity index (χ1) is 12.0. The molecule has 0 fully saturated rings. The van der Waals surface area contributed by atoms with E-state index in [2.05, 4.69) is 0 Å². The third kappa shape index (κ3) is 4.37. The number of hydrogen-bond acceptors (Lipinski definition) is 5. The lowest BCUT2D eigenvalue weighted by Gasteiger charge is -2.21. The predicted octanol–water partition coefficient (Wildman–Crippen LogP) is 2.98. The number of nitro benzene ring substituents is 1. The summed E-state index contributed by atoms with van der Waals surface area (Å²) in [4.78, 5) is 34.8. The second-order valence-corrected chi connectivity index (χ2v) is 5.01. The van der Waals surface area contributed by atoms with Crippen LogP contribution >= 0.6 is 0 Å². The van der Waals surface area contributed by atoms with Crippen LogP contribution in [0.15, 0.2) is 42.5 Å². The number of carbonyl (C=O) groups excluding carboxylic acids is 2. The zero-order valence-corrected chi connectivity index (χ0v) is 13.3. The largest absolute Gasteiger partial charge is 0.477 e. The van der Waals surface area contributed by atoms with E-state index in [-0.39, 0.29) is 11.3 Å². The molecule has 0 N–H and O–H groups in total. The van der Waals surface area contributed by atoms with Crippen molar-refractivity contribution in [2.45, 2.75) is 6.92 Å². The molecule has 0 aliphatic heterocycles. The van der Waals surface area contributed by atoms with Crippen LogP contribution in [0.2, 0.25) is 0 Å². The van der Waals surface area contributed by atoms with E-state index < -0.39 is 28.9 Å². The number of aldehydes is 1. The van der Waals surface area contributed by atoms with Gasteiger partial charge in [-0.1, -0.05) is 0 Å². The van der Waals surface area contributed by atoms with Gasteiger partial charge in [0.1, 0.15) is 12.1 Å². The van der Waals surface area contributed by atoms with Gasteiger partial charge in [-0.15, -0.1) is 0 Å². The maximum atomic E-state index is 13.0. The van der Waals surface area contributed by atoms with E-state index >= 15 is 0 Å². The Hall–Kier alpha value is -3.29. The molecule has 0 unspecified atom stereocenters. The molecule has 0 saturated carbocycles. The number of rotatable bonds is 7. The van der Waals surface area contributed by atoms with Gasteiger partial charge in [0.2, 0.25) is 0 Å². The number of halogens is 1. The number of likely N-dealkylation sites (N-methyl/N-ethyl adjacent to an activating group) is 1. The molecule has 0 heterocycles. The molecule has 7 nitrogen and oxygen atoms in total. The Morgan fingerprint density at radius 3 is 2.52 bits per heavy atom. The number of benzene rings is 2. The molecule has 1 amide bonds. The van der Waals surface area contributed by atoms with Gasteiger partial charge in [-0.3, -0.25) is 19.7 Å². The van der Waals surface area contributed by atoms with Crippen LogP contribution in [0.5, 0.6) is 5.75 Å². The number of nitro groups is 1. The molecule has 2 aromatic rings. The van der Waals surface area contributed by atoms with Crippen molar-refractivity contribution < 1.29 is 23.6 Å². The number of ether oxygens (including phenoxy) is 1. The fourth-order valence-electron chi connectivity index (χ4n) is 2.21. The topological polar surface area (TPSA) is 89.8 Å². The van der Waals surface area contributed by atoms with Gasteiger partial charge in [0.05, 0.1) is 4.92 Å². The fraction of sp³-hybridized carbons (Fsp3) is 0.176. The van der Waals surface area contributed by atoms with Crippen molar-refractivity contribution >= 4 is 23.6 Å². The van der Waals surface area contributed by atoms with E-state index in [0.29, 0.717) is 18.5 Å². The number of nitrogens with zero attached hydrogens (tertiary/aromatic N) is 2. The monoisotopic (exact) mass is 346 g/mol. The van der Waals surface area contributed by atoms with E-state index in [1.165, 1.54) is 41.3 Å². The average molecular weight is 346 g/mol. The molecule has 0 bridgehead atoms. The van der Waals surface area contributed by atoms with Crippen LogP contribution in [0, 0.1) is 15.9 Å². The number of hydrogen-bond donors (Lipinski definition) is 0. The molecule has 0 radical (unpaired) electrons. The fourth-order valence-corrected chi connectivity index (χ4v) is 2.21. The van der Waals surface area contributed by atoms with Crippen LogP contribution < -0.4 is 9.64 Å². The molecule has 0 aliphatic rings. The summed E-state index contributed by atoms with van der Waals surface area (Å²) < 4.78 is 18.3. The van der Waals surface area contributed by atoms with Crippen molar-refractivity contribution in [2.24, 2.45) is 0 Å². The molecule has 25 heavy (non-hydrogen) atoms. The molecular formula is C17H15FN2O5. The molecule has 2 rings (SSSR count). The van der Waals surface area contributed by atoms with Crippen molar-refractivity contribution in [3.8, 4) is 5.75 Å². The second kappa shape index (κ2) is 8.00.